The molecule has 0 bridgehead atoms. The van der Waals surface area contributed by atoms with Crippen molar-refractivity contribution in [2.24, 2.45) is 0 Å². The van der Waals surface area contributed by atoms with E-state index in [2.05, 4.69) is 35.0 Å². The molecule has 2 aromatic heterocycles. The smallest absolute Gasteiger partial charge is 0.296 e. The Kier molecular flexibility index (Phi) is 5.27. The second-order valence-electron chi connectivity index (χ2n) is 3.80. The minimum absolute atomic E-state index is 0. The minimum atomic E-state index is 0. The average Bonchev–Trinajstić information content (AvgIpc) is 3.08. The number of rotatable bonds is 0. The second kappa shape index (κ2) is 6.95. The molecule has 2 aromatic carbocycles. The Balaban J connectivity index is 0.000000133. The molecule has 2 heterocycles. The van der Waals surface area contributed by atoms with Crippen molar-refractivity contribution in [1.29, 1.82) is 0 Å². The van der Waals surface area contributed by atoms with Crippen molar-refractivity contribution in [3.05, 3.63) is 71.4 Å². The molecular weight excluding hydrogens is 322 g/mol. The molecule has 0 atom stereocenters. The summed E-state index contributed by atoms with van der Waals surface area (Å²) in [6.45, 7) is 0. The molecule has 4 rings (SSSR count). The SMILES string of the molecule is [Zn+2].[c-]1cc2ccccc2s1.[c-]1cc2ccccc2s1. The molecule has 4 aromatic rings. The van der Waals surface area contributed by atoms with Crippen LogP contribution in [0, 0.1) is 10.8 Å². The molecule has 0 radical (unpaired) electrons. The van der Waals surface area contributed by atoms with Crippen molar-refractivity contribution in [1.82, 2.24) is 0 Å². The van der Waals surface area contributed by atoms with E-state index >= 15 is 0 Å². The van der Waals surface area contributed by atoms with Gasteiger partial charge in [-0.2, -0.15) is 22.9 Å². The molecule has 0 nitrogen and oxygen atoms in total. The van der Waals surface area contributed by atoms with Crippen molar-refractivity contribution in [2.45, 2.75) is 0 Å². The van der Waals surface area contributed by atoms with E-state index in [0.29, 0.717) is 0 Å². The summed E-state index contributed by atoms with van der Waals surface area (Å²) in [6.07, 6.45) is 0. The molecule has 3 heteroatoms. The molecule has 0 saturated heterocycles. The van der Waals surface area contributed by atoms with Gasteiger partial charge in [0.2, 0.25) is 0 Å². The Morgan fingerprint density at radius 1 is 0.632 bits per heavy atom. The molecule has 88 valence electrons. The van der Waals surface area contributed by atoms with Gasteiger partial charge in [0.25, 0.3) is 0 Å². The fourth-order valence-electron chi connectivity index (χ4n) is 1.70. The zero-order valence-electron chi connectivity index (χ0n) is 10.3. The van der Waals surface area contributed by atoms with E-state index in [-0.39, 0.29) is 19.5 Å². The third kappa shape index (κ3) is 3.50. The molecule has 0 spiro atoms. The predicted octanol–water partition coefficient (Wildman–Crippen LogP) is 5.40. The van der Waals surface area contributed by atoms with Gasteiger partial charge in [0.15, 0.2) is 0 Å². The molecule has 0 fully saturated rings. The minimum Gasteiger partial charge on any atom is -0.296 e. The third-order valence-corrected chi connectivity index (χ3v) is 4.26. The number of hydrogen-bond acceptors (Lipinski definition) is 2. The summed E-state index contributed by atoms with van der Waals surface area (Å²) in [6, 6.07) is 20.6. The molecule has 0 N–H and O–H groups in total. The van der Waals surface area contributed by atoms with Crippen molar-refractivity contribution in [3.63, 3.8) is 0 Å². The molecule has 19 heavy (non-hydrogen) atoms. The van der Waals surface area contributed by atoms with Crippen LogP contribution in [0.25, 0.3) is 20.2 Å². The summed E-state index contributed by atoms with van der Waals surface area (Å²) >= 11 is 3.32. The largest absolute Gasteiger partial charge is 2.00 e. The number of hydrogen-bond donors (Lipinski definition) is 0. The molecule has 0 saturated carbocycles. The first-order valence-corrected chi connectivity index (χ1v) is 7.26. The molecule has 0 aliphatic heterocycles. The van der Waals surface area contributed by atoms with Gasteiger partial charge in [0.1, 0.15) is 0 Å². The van der Waals surface area contributed by atoms with E-state index in [4.69, 9.17) is 0 Å². The normalized spacial score (nSPS) is 9.68. The molecular formula is C16H10S2Zn. The van der Waals surface area contributed by atoms with Crippen LogP contribution in [-0.2, 0) is 19.5 Å². The van der Waals surface area contributed by atoms with E-state index < -0.39 is 0 Å². The van der Waals surface area contributed by atoms with Gasteiger partial charge in [-0.05, 0) is 0 Å². The van der Waals surface area contributed by atoms with Gasteiger partial charge in [0.05, 0.1) is 0 Å². The van der Waals surface area contributed by atoms with Gasteiger partial charge in [-0.1, -0.05) is 24.3 Å². The van der Waals surface area contributed by atoms with Gasteiger partial charge in [-0.3, -0.25) is 22.7 Å². The van der Waals surface area contributed by atoms with Crippen LogP contribution in [0.3, 0.4) is 0 Å². The summed E-state index contributed by atoms with van der Waals surface area (Å²) in [4.78, 5) is 0. The quantitative estimate of drug-likeness (QED) is 0.299. The standard InChI is InChI=1S/2C8H5S.Zn/c2*1-2-4-8-7(3-1)5-6-9-8;/h2*1-5H;/q2*-1;+2. The molecule has 0 aliphatic carbocycles. The summed E-state index contributed by atoms with van der Waals surface area (Å²) in [5.41, 5.74) is 0. The number of benzene rings is 2. The summed E-state index contributed by atoms with van der Waals surface area (Å²) < 4.78 is 2.63. The topological polar surface area (TPSA) is 0 Å². The summed E-state index contributed by atoms with van der Waals surface area (Å²) in [5.74, 6) is 0. The first-order chi connectivity index (χ1) is 8.93. The molecule has 0 unspecified atom stereocenters. The van der Waals surface area contributed by atoms with E-state index in [1.165, 1.54) is 20.2 Å². The Morgan fingerprint density at radius 3 is 1.47 bits per heavy atom. The molecule has 0 aliphatic rings. The fraction of sp³-hybridized carbons (Fsp3) is 0. The maximum absolute atomic E-state index is 3.08. The second-order valence-corrected chi connectivity index (χ2v) is 5.56. The first-order valence-electron chi connectivity index (χ1n) is 5.63. The van der Waals surface area contributed by atoms with Gasteiger partial charge >= 0.3 is 19.5 Å². The van der Waals surface area contributed by atoms with Gasteiger partial charge in [0, 0.05) is 0 Å². The molecule has 0 amide bonds. The van der Waals surface area contributed by atoms with Crippen LogP contribution in [0.4, 0.5) is 0 Å². The average molecular weight is 332 g/mol. The van der Waals surface area contributed by atoms with Crippen molar-refractivity contribution >= 4 is 42.8 Å². The van der Waals surface area contributed by atoms with Crippen LogP contribution in [0.1, 0.15) is 0 Å². The van der Waals surface area contributed by atoms with Crippen LogP contribution in [-0.4, -0.2) is 0 Å². The zero-order chi connectivity index (χ0) is 12.2. The van der Waals surface area contributed by atoms with Crippen LogP contribution in [0.5, 0.6) is 0 Å². The Morgan fingerprint density at radius 2 is 1.05 bits per heavy atom. The van der Waals surface area contributed by atoms with Crippen LogP contribution >= 0.6 is 22.7 Å². The Bertz CT molecular complexity index is 629. The maximum Gasteiger partial charge on any atom is 2.00 e. The van der Waals surface area contributed by atoms with E-state index in [1.807, 2.05) is 36.4 Å². The number of fused-ring (bicyclic) bond motifs is 2. The zero-order valence-corrected chi connectivity index (χ0v) is 14.9. The Labute approximate surface area is 133 Å². The van der Waals surface area contributed by atoms with E-state index in [1.54, 1.807) is 22.7 Å². The summed E-state index contributed by atoms with van der Waals surface area (Å²) in [7, 11) is 0. The van der Waals surface area contributed by atoms with Crippen molar-refractivity contribution in [2.75, 3.05) is 0 Å². The first kappa shape index (κ1) is 14.4. The number of thiophene rings is 2. The predicted molar refractivity (Wildman–Crippen MR) is 81.3 cm³/mol. The summed E-state index contributed by atoms with van der Waals surface area (Å²) in [5, 5.41) is 8.75. The van der Waals surface area contributed by atoms with E-state index in [0.717, 1.165) is 0 Å². The van der Waals surface area contributed by atoms with Gasteiger partial charge < -0.3 is 0 Å². The monoisotopic (exact) mass is 330 g/mol. The van der Waals surface area contributed by atoms with Crippen molar-refractivity contribution in [3.8, 4) is 0 Å². The van der Waals surface area contributed by atoms with Crippen molar-refractivity contribution < 1.29 is 19.5 Å². The Hall–Kier alpha value is -1.02. The van der Waals surface area contributed by atoms with Crippen LogP contribution in [0.2, 0.25) is 0 Å². The fourth-order valence-corrected chi connectivity index (χ4v) is 3.11. The van der Waals surface area contributed by atoms with Crippen LogP contribution < -0.4 is 0 Å². The maximum atomic E-state index is 3.08. The van der Waals surface area contributed by atoms with Crippen LogP contribution in [0.15, 0.2) is 60.7 Å². The van der Waals surface area contributed by atoms with Gasteiger partial charge in [-0.25, -0.2) is 0 Å². The third-order valence-electron chi connectivity index (χ3n) is 2.60. The van der Waals surface area contributed by atoms with E-state index in [9.17, 15) is 0 Å². The van der Waals surface area contributed by atoms with Gasteiger partial charge in [-0.15, -0.1) is 44.4 Å².